The molecule has 1 N–H and O–H groups in total. The van der Waals surface area contributed by atoms with E-state index in [4.69, 9.17) is 13.8 Å². The molecule has 0 aromatic heterocycles. The number of nitrogens with one attached hydrogen (secondary N) is 1. The van der Waals surface area contributed by atoms with E-state index in [1.165, 1.54) is 0 Å². The lowest BCUT2D eigenvalue weighted by Crippen LogP contribution is -2.23. The Bertz CT molecular complexity index is 226. The quantitative estimate of drug-likeness (QED) is 0.541. The summed E-state index contributed by atoms with van der Waals surface area (Å²) >= 11 is 0. The van der Waals surface area contributed by atoms with Crippen molar-refractivity contribution in [3.63, 3.8) is 0 Å². The second-order valence-electron chi connectivity index (χ2n) is 4.12. The third kappa shape index (κ3) is 5.64. The molecule has 1 atom stereocenters. The first-order chi connectivity index (χ1) is 6.91. The summed E-state index contributed by atoms with van der Waals surface area (Å²) in [5.41, 5.74) is 0. The number of hydrogen-bond donors (Lipinski definition) is 1. The molecule has 0 bridgehead atoms. The lowest BCUT2D eigenvalue weighted by molar-refractivity contribution is 0.135. The van der Waals surface area contributed by atoms with Gasteiger partial charge in [0, 0.05) is 6.54 Å². The van der Waals surface area contributed by atoms with Crippen molar-refractivity contribution in [2.75, 3.05) is 13.2 Å². The average molecular weight is 237 g/mol. The Kier molecular flexibility index (Phi) is 4.74. The second kappa shape index (κ2) is 5.41. The summed E-state index contributed by atoms with van der Waals surface area (Å²) in [6.07, 6.45) is -0.116. The van der Waals surface area contributed by atoms with Gasteiger partial charge in [0.05, 0.1) is 24.9 Å². The van der Waals surface area contributed by atoms with Gasteiger partial charge in [-0.05, 0) is 27.7 Å². The van der Waals surface area contributed by atoms with E-state index in [0.717, 1.165) is 6.61 Å². The minimum Gasteiger partial charge on any atom is -0.372 e. The molecule has 15 heavy (non-hydrogen) atoms. The Balaban J connectivity index is 2.44. The van der Waals surface area contributed by atoms with Crippen LogP contribution in [0.15, 0.2) is 0 Å². The lowest BCUT2D eigenvalue weighted by Gasteiger charge is -2.22. The van der Waals surface area contributed by atoms with Gasteiger partial charge in [0.1, 0.15) is 0 Å². The zero-order valence-electron chi connectivity index (χ0n) is 9.73. The highest BCUT2D eigenvalue weighted by molar-refractivity contribution is 7.51. The van der Waals surface area contributed by atoms with Crippen molar-refractivity contribution in [2.45, 2.75) is 46.0 Å². The van der Waals surface area contributed by atoms with E-state index in [-0.39, 0.29) is 18.3 Å². The smallest absolute Gasteiger partial charge is 0.372 e. The van der Waals surface area contributed by atoms with Crippen molar-refractivity contribution in [2.24, 2.45) is 0 Å². The van der Waals surface area contributed by atoms with Gasteiger partial charge < -0.3 is 4.74 Å². The Morgan fingerprint density at radius 2 is 1.80 bits per heavy atom. The summed E-state index contributed by atoms with van der Waals surface area (Å²) < 4.78 is 27.8. The number of hydrogen-bond acceptors (Lipinski definition) is 4. The number of epoxide rings is 1. The molecule has 1 aliphatic rings. The van der Waals surface area contributed by atoms with Gasteiger partial charge in [0.25, 0.3) is 0 Å². The SMILES string of the molecule is CC(C)OP(=O)(NCC1CO1)OC(C)C. The van der Waals surface area contributed by atoms with Crippen LogP contribution in [0.2, 0.25) is 0 Å². The van der Waals surface area contributed by atoms with Crippen LogP contribution in [-0.4, -0.2) is 31.5 Å². The van der Waals surface area contributed by atoms with Crippen molar-refractivity contribution in [3.8, 4) is 0 Å². The van der Waals surface area contributed by atoms with E-state index in [1.807, 2.05) is 27.7 Å². The average Bonchev–Trinajstić information content (AvgIpc) is 2.79. The van der Waals surface area contributed by atoms with Gasteiger partial charge in [-0.3, -0.25) is 9.05 Å². The van der Waals surface area contributed by atoms with Gasteiger partial charge in [-0.15, -0.1) is 0 Å². The van der Waals surface area contributed by atoms with Crippen LogP contribution in [0, 0.1) is 0 Å². The minimum atomic E-state index is -3.18. The van der Waals surface area contributed by atoms with Crippen LogP contribution in [0.25, 0.3) is 0 Å². The first-order valence-corrected chi connectivity index (χ1v) is 6.79. The third-order valence-electron chi connectivity index (χ3n) is 1.61. The molecule has 0 amide bonds. The van der Waals surface area contributed by atoms with Crippen LogP contribution in [0.3, 0.4) is 0 Å². The summed E-state index contributed by atoms with van der Waals surface area (Å²) in [5, 5.41) is 2.81. The molecule has 1 aliphatic heterocycles. The molecule has 0 aromatic rings. The molecule has 0 spiro atoms. The molecule has 1 heterocycles. The maximum Gasteiger partial charge on any atom is 0.406 e. The van der Waals surface area contributed by atoms with Crippen LogP contribution in [0.1, 0.15) is 27.7 Å². The predicted octanol–water partition coefficient (Wildman–Crippen LogP) is 1.93. The molecule has 0 saturated carbocycles. The van der Waals surface area contributed by atoms with E-state index in [9.17, 15) is 4.57 Å². The summed E-state index contributed by atoms with van der Waals surface area (Å²) in [7, 11) is -3.18. The second-order valence-corrected chi connectivity index (χ2v) is 5.86. The van der Waals surface area contributed by atoms with Crippen molar-refractivity contribution < 1.29 is 18.3 Å². The largest absolute Gasteiger partial charge is 0.406 e. The first kappa shape index (κ1) is 13.1. The van der Waals surface area contributed by atoms with Crippen molar-refractivity contribution in [1.29, 1.82) is 0 Å². The highest BCUT2D eigenvalue weighted by Crippen LogP contribution is 2.46. The van der Waals surface area contributed by atoms with Gasteiger partial charge >= 0.3 is 7.75 Å². The van der Waals surface area contributed by atoms with Crippen LogP contribution in [-0.2, 0) is 18.3 Å². The molecular formula is C9H20NO4P. The topological polar surface area (TPSA) is 60.1 Å². The van der Waals surface area contributed by atoms with Gasteiger partial charge in [-0.1, -0.05) is 0 Å². The van der Waals surface area contributed by atoms with Crippen molar-refractivity contribution >= 4 is 7.75 Å². The van der Waals surface area contributed by atoms with Crippen LogP contribution >= 0.6 is 7.75 Å². The molecule has 6 heteroatoms. The van der Waals surface area contributed by atoms with E-state index in [0.29, 0.717) is 6.54 Å². The highest BCUT2D eigenvalue weighted by atomic mass is 31.2. The number of ether oxygens (including phenoxy) is 1. The van der Waals surface area contributed by atoms with Crippen LogP contribution in [0.5, 0.6) is 0 Å². The zero-order valence-corrected chi connectivity index (χ0v) is 10.6. The van der Waals surface area contributed by atoms with Gasteiger partial charge in [-0.25, -0.2) is 9.65 Å². The Morgan fingerprint density at radius 3 is 2.13 bits per heavy atom. The molecule has 90 valence electrons. The van der Waals surface area contributed by atoms with Gasteiger partial charge in [-0.2, -0.15) is 0 Å². The van der Waals surface area contributed by atoms with Crippen molar-refractivity contribution in [1.82, 2.24) is 5.09 Å². The molecule has 0 aromatic carbocycles. The molecule has 0 radical (unpaired) electrons. The molecule has 0 aliphatic carbocycles. The van der Waals surface area contributed by atoms with E-state index >= 15 is 0 Å². The highest BCUT2D eigenvalue weighted by Gasteiger charge is 2.31. The van der Waals surface area contributed by atoms with Crippen molar-refractivity contribution in [3.05, 3.63) is 0 Å². The lowest BCUT2D eigenvalue weighted by atomic mass is 10.5. The molecule has 1 rings (SSSR count). The summed E-state index contributed by atoms with van der Waals surface area (Å²) in [6, 6.07) is 0. The fourth-order valence-electron chi connectivity index (χ4n) is 1.05. The fourth-order valence-corrected chi connectivity index (χ4v) is 2.79. The molecule has 1 saturated heterocycles. The Morgan fingerprint density at radius 1 is 1.33 bits per heavy atom. The minimum absolute atomic E-state index is 0.137. The van der Waals surface area contributed by atoms with Gasteiger partial charge in [0.15, 0.2) is 0 Å². The summed E-state index contributed by atoms with van der Waals surface area (Å²) in [6.45, 7) is 8.53. The standard InChI is InChI=1S/C9H20NO4P/c1-7(2)13-15(11,14-8(3)4)10-5-9-6-12-9/h7-9H,5-6H2,1-4H3,(H,10,11). The van der Waals surface area contributed by atoms with E-state index in [2.05, 4.69) is 5.09 Å². The molecule has 5 nitrogen and oxygen atoms in total. The van der Waals surface area contributed by atoms with Crippen LogP contribution in [0.4, 0.5) is 0 Å². The first-order valence-electron chi connectivity index (χ1n) is 5.25. The normalized spacial score (nSPS) is 21.3. The van der Waals surface area contributed by atoms with Crippen LogP contribution < -0.4 is 5.09 Å². The zero-order chi connectivity index (χ0) is 11.5. The Hall–Kier alpha value is 0.0700. The summed E-state index contributed by atoms with van der Waals surface area (Å²) in [5.74, 6) is 0. The Labute approximate surface area is 91.1 Å². The third-order valence-corrected chi connectivity index (χ3v) is 3.58. The van der Waals surface area contributed by atoms with E-state index in [1.54, 1.807) is 0 Å². The maximum atomic E-state index is 12.2. The fraction of sp³-hybridized carbons (Fsp3) is 1.00. The summed E-state index contributed by atoms with van der Waals surface area (Å²) in [4.78, 5) is 0. The molecule has 1 unspecified atom stereocenters. The monoisotopic (exact) mass is 237 g/mol. The number of rotatable bonds is 7. The van der Waals surface area contributed by atoms with Gasteiger partial charge in [0.2, 0.25) is 0 Å². The molecule has 1 fully saturated rings. The van der Waals surface area contributed by atoms with E-state index < -0.39 is 7.75 Å². The maximum absolute atomic E-state index is 12.2. The molecular weight excluding hydrogens is 217 g/mol. The predicted molar refractivity (Wildman–Crippen MR) is 57.8 cm³/mol.